The van der Waals surface area contributed by atoms with E-state index in [1.807, 2.05) is 5.32 Å². The minimum Gasteiger partial charge on any atom is -0.467 e. The lowest BCUT2D eigenvalue weighted by Gasteiger charge is -2.15. The molecule has 0 aliphatic heterocycles. The molecule has 0 aliphatic rings. The van der Waals surface area contributed by atoms with Gasteiger partial charge in [-0.05, 0) is 0 Å². The van der Waals surface area contributed by atoms with Crippen LogP contribution in [0.1, 0.15) is 0 Å². The number of aliphatic hydroxyl groups excluding tert-OH is 1. The highest BCUT2D eigenvalue weighted by molar-refractivity contribution is 6.67. The van der Waals surface area contributed by atoms with Gasteiger partial charge >= 0.3 is 12.1 Å². The maximum atomic E-state index is 11.1. The maximum absolute atomic E-state index is 11.1. The molecule has 1 atom stereocenters. The van der Waals surface area contributed by atoms with Gasteiger partial charge in [-0.1, -0.05) is 34.8 Å². The number of rotatable bonds is 4. The van der Waals surface area contributed by atoms with Crippen LogP contribution in [0.15, 0.2) is 0 Å². The molecular formula is C7H10Cl3NO5. The summed E-state index contributed by atoms with van der Waals surface area (Å²) >= 11 is 16.0. The first-order valence-electron chi connectivity index (χ1n) is 3.99. The van der Waals surface area contributed by atoms with Crippen molar-refractivity contribution in [3.05, 3.63) is 0 Å². The number of alkyl carbamates (subject to hydrolysis) is 1. The number of ether oxygens (including phenoxy) is 2. The monoisotopic (exact) mass is 293 g/mol. The number of esters is 1. The van der Waals surface area contributed by atoms with Gasteiger partial charge in [-0.3, -0.25) is 0 Å². The second-order valence-electron chi connectivity index (χ2n) is 2.59. The molecule has 16 heavy (non-hydrogen) atoms. The van der Waals surface area contributed by atoms with Gasteiger partial charge in [0.25, 0.3) is 0 Å². The van der Waals surface area contributed by atoms with E-state index in [1.165, 1.54) is 0 Å². The summed E-state index contributed by atoms with van der Waals surface area (Å²) < 4.78 is 7.03. The van der Waals surface area contributed by atoms with Crippen LogP contribution >= 0.6 is 34.8 Å². The molecule has 1 amide bonds. The summed E-state index contributed by atoms with van der Waals surface area (Å²) in [5, 5.41) is 10.8. The summed E-state index contributed by atoms with van der Waals surface area (Å²) in [6.45, 7) is -1.11. The van der Waals surface area contributed by atoms with Crippen LogP contribution in [0, 0.1) is 0 Å². The van der Waals surface area contributed by atoms with Gasteiger partial charge in [0.2, 0.25) is 3.79 Å². The van der Waals surface area contributed by atoms with Gasteiger partial charge in [-0.15, -0.1) is 0 Å². The van der Waals surface area contributed by atoms with Gasteiger partial charge in [0.05, 0.1) is 13.7 Å². The normalized spacial score (nSPS) is 12.8. The Morgan fingerprint density at radius 2 is 2.00 bits per heavy atom. The number of carbonyl (C=O) groups is 2. The van der Waals surface area contributed by atoms with Crippen molar-refractivity contribution in [2.24, 2.45) is 0 Å². The Morgan fingerprint density at radius 1 is 1.44 bits per heavy atom. The van der Waals surface area contributed by atoms with Crippen molar-refractivity contribution >= 4 is 46.9 Å². The van der Waals surface area contributed by atoms with Gasteiger partial charge < -0.3 is 19.9 Å². The van der Waals surface area contributed by atoms with E-state index >= 15 is 0 Å². The Morgan fingerprint density at radius 3 is 2.38 bits per heavy atom. The number of hydrogen-bond acceptors (Lipinski definition) is 5. The molecule has 0 rings (SSSR count). The van der Waals surface area contributed by atoms with Crippen molar-refractivity contribution in [2.75, 3.05) is 20.3 Å². The van der Waals surface area contributed by atoms with Crippen LogP contribution in [-0.2, 0) is 14.3 Å². The fourth-order valence-corrected chi connectivity index (χ4v) is 0.816. The molecule has 0 aromatic carbocycles. The first-order chi connectivity index (χ1) is 7.30. The zero-order valence-corrected chi connectivity index (χ0v) is 10.5. The Labute approximate surface area is 107 Å². The highest BCUT2D eigenvalue weighted by Gasteiger charge is 2.25. The van der Waals surface area contributed by atoms with E-state index < -0.39 is 35.1 Å². The fourth-order valence-electron chi connectivity index (χ4n) is 0.653. The van der Waals surface area contributed by atoms with E-state index in [9.17, 15) is 9.59 Å². The molecule has 0 saturated carbocycles. The van der Waals surface area contributed by atoms with E-state index in [-0.39, 0.29) is 0 Å². The standard InChI is InChI=1S/C7H10Cl3NO5/c1-15-5(13)4(2-12)11-6(14)16-3-7(8,9)10/h4,12H,2-3H2,1H3,(H,11,14). The maximum Gasteiger partial charge on any atom is 0.408 e. The number of hydrogen-bond donors (Lipinski definition) is 2. The van der Waals surface area contributed by atoms with Crippen LogP contribution in [0.5, 0.6) is 0 Å². The quantitative estimate of drug-likeness (QED) is 0.586. The summed E-state index contributed by atoms with van der Waals surface area (Å²) in [6, 6.07) is -1.21. The Bertz CT molecular complexity index is 255. The Balaban J connectivity index is 4.07. The van der Waals surface area contributed by atoms with Gasteiger partial charge in [0.15, 0.2) is 6.04 Å². The fraction of sp³-hybridized carbons (Fsp3) is 0.714. The van der Waals surface area contributed by atoms with E-state index in [4.69, 9.17) is 39.9 Å². The molecular weight excluding hydrogens is 284 g/mol. The number of halogens is 3. The minimum absolute atomic E-state index is 0.483. The van der Waals surface area contributed by atoms with E-state index in [1.54, 1.807) is 0 Å². The largest absolute Gasteiger partial charge is 0.467 e. The average molecular weight is 295 g/mol. The number of aliphatic hydroxyl groups is 1. The van der Waals surface area contributed by atoms with Crippen LogP contribution in [0.25, 0.3) is 0 Å². The molecule has 9 heteroatoms. The molecule has 94 valence electrons. The van der Waals surface area contributed by atoms with E-state index in [0.29, 0.717) is 0 Å². The van der Waals surface area contributed by atoms with Gasteiger partial charge in [-0.25, -0.2) is 9.59 Å². The molecule has 0 aromatic heterocycles. The van der Waals surface area contributed by atoms with Crippen LogP contribution in [0.4, 0.5) is 4.79 Å². The van der Waals surface area contributed by atoms with Crippen molar-refractivity contribution < 1.29 is 24.2 Å². The molecule has 2 N–H and O–H groups in total. The van der Waals surface area contributed by atoms with Crippen LogP contribution in [0.3, 0.4) is 0 Å². The molecule has 0 spiro atoms. The highest BCUT2D eigenvalue weighted by atomic mass is 35.6. The van der Waals surface area contributed by atoms with Crippen LogP contribution in [0.2, 0.25) is 0 Å². The summed E-state index contributed by atoms with van der Waals surface area (Å²) in [4.78, 5) is 22.0. The topological polar surface area (TPSA) is 84.9 Å². The Kier molecular flexibility index (Phi) is 6.82. The number of amides is 1. The van der Waals surface area contributed by atoms with Crippen molar-refractivity contribution in [1.29, 1.82) is 0 Å². The molecule has 0 bridgehead atoms. The molecule has 6 nitrogen and oxygen atoms in total. The molecule has 0 saturated heterocycles. The molecule has 0 aliphatic carbocycles. The lowest BCUT2D eigenvalue weighted by atomic mass is 10.3. The third-order valence-electron chi connectivity index (χ3n) is 1.33. The summed E-state index contributed by atoms with van der Waals surface area (Å²) in [5.74, 6) is -0.812. The van der Waals surface area contributed by atoms with Crippen LogP contribution < -0.4 is 5.32 Å². The van der Waals surface area contributed by atoms with Gasteiger partial charge in [-0.2, -0.15) is 0 Å². The third-order valence-corrected chi connectivity index (χ3v) is 1.65. The number of methoxy groups -OCH3 is 1. The summed E-state index contributed by atoms with van der Waals surface area (Å²) in [5.41, 5.74) is 0. The van der Waals surface area contributed by atoms with Crippen molar-refractivity contribution in [1.82, 2.24) is 5.32 Å². The van der Waals surface area contributed by atoms with E-state index in [2.05, 4.69) is 9.47 Å². The zero-order chi connectivity index (χ0) is 12.8. The van der Waals surface area contributed by atoms with Crippen molar-refractivity contribution in [3.63, 3.8) is 0 Å². The SMILES string of the molecule is COC(=O)C(CO)NC(=O)OCC(Cl)(Cl)Cl. The molecule has 1 unspecified atom stereocenters. The van der Waals surface area contributed by atoms with Crippen molar-refractivity contribution in [2.45, 2.75) is 9.83 Å². The molecule has 0 fully saturated rings. The molecule has 0 radical (unpaired) electrons. The lowest BCUT2D eigenvalue weighted by molar-refractivity contribution is -0.144. The second-order valence-corrected chi connectivity index (χ2v) is 5.11. The first kappa shape index (κ1) is 15.6. The van der Waals surface area contributed by atoms with Crippen LogP contribution in [-0.4, -0.2) is 47.3 Å². The third kappa shape index (κ3) is 6.95. The minimum atomic E-state index is -1.74. The summed E-state index contributed by atoms with van der Waals surface area (Å²) in [7, 11) is 1.11. The average Bonchev–Trinajstić information content (AvgIpc) is 2.21. The first-order valence-corrected chi connectivity index (χ1v) is 5.12. The van der Waals surface area contributed by atoms with E-state index in [0.717, 1.165) is 7.11 Å². The number of nitrogens with one attached hydrogen (secondary N) is 1. The Hall–Kier alpha value is -0.430. The summed E-state index contributed by atoms with van der Waals surface area (Å²) in [6.07, 6.45) is -1.00. The van der Waals surface area contributed by atoms with Gasteiger partial charge in [0.1, 0.15) is 6.61 Å². The van der Waals surface area contributed by atoms with Gasteiger partial charge in [0, 0.05) is 0 Å². The molecule has 0 aromatic rings. The molecule has 0 heterocycles. The number of carbonyl (C=O) groups excluding carboxylic acids is 2. The number of alkyl halides is 3. The zero-order valence-electron chi connectivity index (χ0n) is 8.21. The smallest absolute Gasteiger partial charge is 0.408 e. The lowest BCUT2D eigenvalue weighted by Crippen LogP contribution is -2.44. The predicted molar refractivity (Wildman–Crippen MR) is 57.7 cm³/mol. The highest BCUT2D eigenvalue weighted by Crippen LogP contribution is 2.25. The second kappa shape index (κ2) is 7.01. The van der Waals surface area contributed by atoms with Crippen molar-refractivity contribution in [3.8, 4) is 0 Å². The predicted octanol–water partition coefficient (Wildman–Crippen LogP) is 0.617.